The fraction of sp³-hybridized carbons (Fsp3) is 0.273. The van der Waals surface area contributed by atoms with E-state index in [1.807, 2.05) is 36.4 Å². The Balaban J connectivity index is 1.66. The number of para-hydroxylation sites is 2. The molecule has 0 aliphatic carbocycles. The van der Waals surface area contributed by atoms with Crippen LogP contribution in [0.15, 0.2) is 60.7 Å². The molecular formula is C22H22NO5+. The Bertz CT molecular complexity index is 885. The average Bonchev–Trinajstić information content (AvgIpc) is 3.14. The van der Waals surface area contributed by atoms with Gasteiger partial charge in [-0.3, -0.25) is 4.84 Å². The largest absolute Gasteiger partial charge is 0.478 e. The lowest BCUT2D eigenvalue weighted by atomic mass is 9.87. The molecule has 1 fully saturated rings. The number of nitrogens with zero attached hydrogens (tertiary/aromatic N) is 1. The Morgan fingerprint density at radius 3 is 2.14 bits per heavy atom. The van der Waals surface area contributed by atoms with E-state index in [0.717, 1.165) is 47.6 Å². The van der Waals surface area contributed by atoms with Gasteiger partial charge in [0, 0.05) is 36.1 Å². The van der Waals surface area contributed by atoms with Crippen molar-refractivity contribution in [2.45, 2.75) is 18.8 Å². The summed E-state index contributed by atoms with van der Waals surface area (Å²) in [6, 6.07) is 15.9. The monoisotopic (exact) mass is 380 g/mol. The Hall–Kier alpha value is -3.12. The maximum atomic E-state index is 12.2. The molecule has 0 spiro atoms. The second kappa shape index (κ2) is 7.48. The van der Waals surface area contributed by atoms with Gasteiger partial charge in [-0.2, -0.15) is 0 Å². The number of carboxylic acid groups (broad SMARTS) is 1. The van der Waals surface area contributed by atoms with E-state index in [1.165, 1.54) is 0 Å². The molecule has 0 saturated carbocycles. The molecule has 2 aliphatic heterocycles. The summed E-state index contributed by atoms with van der Waals surface area (Å²) in [4.78, 5) is 28.7. The molecule has 2 aromatic carbocycles. The summed E-state index contributed by atoms with van der Waals surface area (Å²) < 4.78 is 6.25. The van der Waals surface area contributed by atoms with Gasteiger partial charge in [-0.1, -0.05) is 36.4 Å². The highest BCUT2D eigenvalue weighted by Crippen LogP contribution is 2.45. The average molecular weight is 380 g/mol. The smallest absolute Gasteiger partial charge is 0.390 e. The Kier molecular flexibility index (Phi) is 4.88. The number of rotatable bonds is 5. The number of likely N-dealkylation sites (tertiary alicyclic amines) is 1. The number of quaternary nitrogens is 1. The Labute approximate surface area is 163 Å². The summed E-state index contributed by atoms with van der Waals surface area (Å²) in [6.45, 7) is 2.02. The van der Waals surface area contributed by atoms with Crippen LogP contribution in [0.2, 0.25) is 0 Å². The van der Waals surface area contributed by atoms with E-state index in [1.54, 1.807) is 0 Å². The van der Waals surface area contributed by atoms with Crippen LogP contribution in [-0.2, 0) is 14.4 Å². The van der Waals surface area contributed by atoms with Gasteiger partial charge in [-0.05, 0) is 12.1 Å². The van der Waals surface area contributed by atoms with Crippen molar-refractivity contribution in [1.82, 2.24) is 0 Å². The zero-order valence-corrected chi connectivity index (χ0v) is 15.4. The van der Waals surface area contributed by atoms with E-state index in [2.05, 4.69) is 12.1 Å². The van der Waals surface area contributed by atoms with E-state index in [4.69, 9.17) is 14.7 Å². The molecule has 6 nitrogen and oxygen atoms in total. The van der Waals surface area contributed by atoms with Crippen molar-refractivity contribution in [3.63, 3.8) is 0 Å². The lowest BCUT2D eigenvalue weighted by molar-refractivity contribution is -1.08. The van der Waals surface area contributed by atoms with Crippen LogP contribution in [0.5, 0.6) is 11.5 Å². The molecule has 0 atom stereocenters. The van der Waals surface area contributed by atoms with Gasteiger partial charge in [0.1, 0.15) is 31.1 Å². The zero-order valence-electron chi connectivity index (χ0n) is 15.4. The molecule has 0 aromatic heterocycles. The van der Waals surface area contributed by atoms with Gasteiger partial charge in [-0.15, -0.1) is 4.65 Å². The van der Waals surface area contributed by atoms with Crippen LogP contribution in [0, 0.1) is 0 Å². The number of ether oxygens (including phenoxy) is 1. The molecule has 1 saturated heterocycles. The first-order valence-corrected chi connectivity index (χ1v) is 9.43. The first kappa shape index (κ1) is 18.3. The number of hydroxylamine groups is 3. The predicted molar refractivity (Wildman–Crippen MR) is 102 cm³/mol. The van der Waals surface area contributed by atoms with Gasteiger partial charge in [0.2, 0.25) is 0 Å². The van der Waals surface area contributed by atoms with Crippen LogP contribution in [0.4, 0.5) is 0 Å². The van der Waals surface area contributed by atoms with Crippen molar-refractivity contribution >= 4 is 11.9 Å². The molecule has 4 rings (SSSR count). The molecule has 0 radical (unpaired) electrons. The first-order chi connectivity index (χ1) is 13.6. The van der Waals surface area contributed by atoms with Crippen LogP contribution in [0.1, 0.15) is 29.9 Å². The van der Waals surface area contributed by atoms with Crippen molar-refractivity contribution in [2.24, 2.45) is 0 Å². The van der Waals surface area contributed by atoms with Gasteiger partial charge in [-0.25, -0.2) is 9.59 Å². The van der Waals surface area contributed by atoms with Crippen LogP contribution < -0.4 is 4.74 Å². The summed E-state index contributed by atoms with van der Waals surface area (Å²) in [5.74, 6) is -0.132. The van der Waals surface area contributed by atoms with Crippen LogP contribution in [0.25, 0.3) is 0 Å². The van der Waals surface area contributed by atoms with Crippen molar-refractivity contribution in [1.29, 1.82) is 0 Å². The molecule has 1 N–H and O–H groups in total. The second-order valence-corrected chi connectivity index (χ2v) is 7.21. The second-order valence-electron chi connectivity index (χ2n) is 7.21. The molecule has 0 unspecified atom stereocenters. The highest BCUT2D eigenvalue weighted by atomic mass is 16.7. The zero-order chi connectivity index (χ0) is 19.6. The van der Waals surface area contributed by atoms with Crippen LogP contribution in [0.3, 0.4) is 0 Å². The molecule has 6 heteroatoms. The molecule has 28 heavy (non-hydrogen) atoms. The minimum atomic E-state index is -1.17. The van der Waals surface area contributed by atoms with E-state index in [0.29, 0.717) is 19.6 Å². The van der Waals surface area contributed by atoms with Crippen LogP contribution in [-0.4, -0.2) is 41.3 Å². The predicted octanol–water partition coefficient (Wildman–Crippen LogP) is 3.63. The number of benzene rings is 2. The highest BCUT2D eigenvalue weighted by Gasteiger charge is 2.42. The third kappa shape index (κ3) is 3.64. The quantitative estimate of drug-likeness (QED) is 0.633. The standard InChI is InChI=1S/C22H21NO5/c24-21(25)11-12-22(26)28-23(13-5-6-14-23)15-18-16-7-1-3-9-19(16)27-20-10-4-2-8-17(18)20/h1-4,7-12,18H,5-6,13-15H2/p+1/b12-11+. The Morgan fingerprint density at radius 2 is 1.57 bits per heavy atom. The Morgan fingerprint density at radius 1 is 1.00 bits per heavy atom. The van der Waals surface area contributed by atoms with E-state index < -0.39 is 11.9 Å². The maximum Gasteiger partial charge on any atom is 0.390 e. The number of aliphatic carboxylic acids is 1. The van der Waals surface area contributed by atoms with Crippen molar-refractivity contribution in [3.8, 4) is 11.5 Å². The summed E-state index contributed by atoms with van der Waals surface area (Å²) in [6.07, 6.45) is 3.71. The minimum absolute atomic E-state index is 0.0236. The van der Waals surface area contributed by atoms with Gasteiger partial charge in [0.15, 0.2) is 0 Å². The minimum Gasteiger partial charge on any atom is -0.478 e. The van der Waals surface area contributed by atoms with Crippen molar-refractivity contribution in [2.75, 3.05) is 19.6 Å². The number of fused-ring (bicyclic) bond motifs is 2. The number of carbonyl (C=O) groups is 2. The summed E-state index contributed by atoms with van der Waals surface area (Å²) in [7, 11) is 0. The van der Waals surface area contributed by atoms with Crippen molar-refractivity contribution < 1.29 is 28.9 Å². The normalized spacial score (nSPS) is 17.6. The highest BCUT2D eigenvalue weighted by molar-refractivity contribution is 5.90. The lowest BCUT2D eigenvalue weighted by Crippen LogP contribution is -2.49. The lowest BCUT2D eigenvalue weighted by Gasteiger charge is -2.36. The summed E-state index contributed by atoms with van der Waals surface area (Å²) in [5.41, 5.74) is 2.14. The van der Waals surface area contributed by atoms with Crippen LogP contribution >= 0.6 is 0 Å². The topological polar surface area (TPSA) is 72.8 Å². The molecular weight excluding hydrogens is 358 g/mol. The van der Waals surface area contributed by atoms with Gasteiger partial charge in [0.05, 0.1) is 5.92 Å². The van der Waals surface area contributed by atoms with E-state index in [-0.39, 0.29) is 10.6 Å². The molecule has 2 aromatic rings. The van der Waals surface area contributed by atoms with Gasteiger partial charge < -0.3 is 9.84 Å². The van der Waals surface area contributed by atoms with Crippen molar-refractivity contribution in [3.05, 3.63) is 71.8 Å². The van der Waals surface area contributed by atoms with E-state index >= 15 is 0 Å². The van der Waals surface area contributed by atoms with Gasteiger partial charge in [0.25, 0.3) is 0 Å². The third-order valence-corrected chi connectivity index (χ3v) is 5.35. The fourth-order valence-corrected chi connectivity index (χ4v) is 4.12. The molecule has 2 heterocycles. The number of hydrogen-bond acceptors (Lipinski definition) is 4. The maximum absolute atomic E-state index is 12.2. The number of carboxylic acids is 1. The SMILES string of the molecule is O=C(O)/C=C/C(=O)O[N+]1(CC2c3ccccc3Oc3ccccc32)CCCC1. The third-order valence-electron chi connectivity index (χ3n) is 5.35. The van der Waals surface area contributed by atoms with Gasteiger partial charge >= 0.3 is 11.9 Å². The summed E-state index contributed by atoms with van der Waals surface area (Å²) in [5, 5.41) is 8.75. The number of hydrogen-bond donors (Lipinski definition) is 1. The molecule has 0 amide bonds. The molecule has 2 aliphatic rings. The van der Waals surface area contributed by atoms with E-state index in [9.17, 15) is 9.59 Å². The summed E-state index contributed by atoms with van der Waals surface area (Å²) >= 11 is 0. The first-order valence-electron chi connectivity index (χ1n) is 9.43. The fourth-order valence-electron chi connectivity index (χ4n) is 4.12. The number of carbonyl (C=O) groups excluding carboxylic acids is 1. The molecule has 144 valence electrons. The molecule has 0 bridgehead atoms.